The van der Waals surface area contributed by atoms with E-state index in [2.05, 4.69) is 14.7 Å². The minimum atomic E-state index is -0.215. The molecule has 1 aliphatic rings. The minimum absolute atomic E-state index is 0.215. The molecule has 0 spiro atoms. The van der Waals surface area contributed by atoms with Gasteiger partial charge >= 0.3 is 0 Å². The summed E-state index contributed by atoms with van der Waals surface area (Å²) >= 11 is 1.17. The zero-order chi connectivity index (χ0) is 13.2. The lowest BCUT2D eigenvalue weighted by Crippen LogP contribution is -2.14. The highest BCUT2D eigenvalue weighted by atomic mass is 32.1. The van der Waals surface area contributed by atoms with Gasteiger partial charge in [0.2, 0.25) is 5.13 Å². The average molecular weight is 275 g/mol. The van der Waals surface area contributed by atoms with Gasteiger partial charge in [-0.15, -0.1) is 0 Å². The summed E-state index contributed by atoms with van der Waals surface area (Å²) in [7, 11) is 0. The number of amides is 1. The molecule has 1 aliphatic carbocycles. The van der Waals surface area contributed by atoms with Crippen molar-refractivity contribution in [3.05, 3.63) is 35.7 Å². The third-order valence-corrected chi connectivity index (χ3v) is 3.42. The molecule has 0 atom stereocenters. The number of carbonyl (C=O) groups excluding carboxylic acids is 1. The molecule has 1 N–H and O–H groups in total. The van der Waals surface area contributed by atoms with Crippen LogP contribution in [0, 0.1) is 6.92 Å². The number of aryl methyl sites for hydroxylation is 1. The van der Waals surface area contributed by atoms with Crippen LogP contribution in [-0.4, -0.2) is 21.4 Å². The Labute approximate surface area is 114 Å². The number of hydrogen-bond acceptors (Lipinski definition) is 5. The molecule has 1 aromatic heterocycles. The van der Waals surface area contributed by atoms with Crippen molar-refractivity contribution < 1.29 is 9.53 Å². The normalized spacial score (nSPS) is 14.2. The first-order chi connectivity index (χ1) is 9.22. The molecule has 0 radical (unpaired) electrons. The fourth-order valence-corrected chi connectivity index (χ4v) is 2.21. The zero-order valence-electron chi connectivity index (χ0n) is 10.4. The van der Waals surface area contributed by atoms with Gasteiger partial charge in [-0.2, -0.15) is 4.37 Å². The standard InChI is InChI=1S/C13H13N3O2S/c1-8-14-13(19-16-8)15-12(17)10-4-2-3-5-11(10)18-9-6-7-9/h2-5,9H,6-7H2,1H3,(H,14,15,16,17). The molecule has 98 valence electrons. The molecule has 19 heavy (non-hydrogen) atoms. The third-order valence-electron chi connectivity index (χ3n) is 2.70. The van der Waals surface area contributed by atoms with E-state index in [0.29, 0.717) is 22.3 Å². The SMILES string of the molecule is Cc1nsc(NC(=O)c2ccccc2OC2CC2)n1. The predicted molar refractivity (Wildman–Crippen MR) is 72.7 cm³/mol. The van der Waals surface area contributed by atoms with E-state index >= 15 is 0 Å². The van der Waals surface area contributed by atoms with Crippen molar-refractivity contribution in [1.82, 2.24) is 9.36 Å². The van der Waals surface area contributed by atoms with Crippen LogP contribution < -0.4 is 10.1 Å². The summed E-state index contributed by atoms with van der Waals surface area (Å²) in [5, 5.41) is 3.24. The molecule has 1 amide bonds. The number of anilines is 1. The van der Waals surface area contributed by atoms with Crippen LogP contribution in [0.4, 0.5) is 5.13 Å². The number of rotatable bonds is 4. The van der Waals surface area contributed by atoms with Gasteiger partial charge in [-0.3, -0.25) is 10.1 Å². The van der Waals surface area contributed by atoms with Crippen molar-refractivity contribution in [3.63, 3.8) is 0 Å². The molecule has 0 unspecified atom stereocenters. The number of ether oxygens (including phenoxy) is 1. The molecule has 0 bridgehead atoms. The van der Waals surface area contributed by atoms with Gasteiger partial charge in [-0.05, 0) is 31.9 Å². The van der Waals surface area contributed by atoms with Crippen LogP contribution in [0.1, 0.15) is 29.0 Å². The molecule has 3 rings (SSSR count). The van der Waals surface area contributed by atoms with Crippen molar-refractivity contribution >= 4 is 22.6 Å². The maximum absolute atomic E-state index is 12.2. The fourth-order valence-electron chi connectivity index (χ4n) is 1.63. The van der Waals surface area contributed by atoms with Crippen LogP contribution in [0.2, 0.25) is 0 Å². The van der Waals surface area contributed by atoms with Crippen LogP contribution in [-0.2, 0) is 0 Å². The van der Waals surface area contributed by atoms with E-state index in [4.69, 9.17) is 4.74 Å². The van der Waals surface area contributed by atoms with Gasteiger partial charge in [-0.25, -0.2) is 4.98 Å². The van der Waals surface area contributed by atoms with Crippen LogP contribution in [0.3, 0.4) is 0 Å². The number of aromatic nitrogens is 2. The van der Waals surface area contributed by atoms with Crippen LogP contribution in [0.25, 0.3) is 0 Å². The van der Waals surface area contributed by atoms with Crippen LogP contribution in [0.5, 0.6) is 5.75 Å². The molecular formula is C13H13N3O2S. The zero-order valence-corrected chi connectivity index (χ0v) is 11.2. The Morgan fingerprint density at radius 3 is 2.89 bits per heavy atom. The largest absolute Gasteiger partial charge is 0.490 e. The molecule has 0 saturated heterocycles. The molecule has 5 nitrogen and oxygen atoms in total. The summed E-state index contributed by atoms with van der Waals surface area (Å²) in [6, 6.07) is 7.25. The van der Waals surface area contributed by atoms with Crippen molar-refractivity contribution in [2.24, 2.45) is 0 Å². The van der Waals surface area contributed by atoms with Gasteiger partial charge in [0.05, 0.1) is 11.7 Å². The Bertz CT molecular complexity index is 607. The molecule has 6 heteroatoms. The van der Waals surface area contributed by atoms with Gasteiger partial charge in [0.1, 0.15) is 11.6 Å². The van der Waals surface area contributed by atoms with Gasteiger partial charge < -0.3 is 4.74 Å². The molecule has 1 saturated carbocycles. The summed E-state index contributed by atoms with van der Waals surface area (Å²) < 4.78 is 9.76. The molecule has 2 aromatic rings. The lowest BCUT2D eigenvalue weighted by atomic mass is 10.2. The fraction of sp³-hybridized carbons (Fsp3) is 0.308. The lowest BCUT2D eigenvalue weighted by molar-refractivity contribution is 0.102. The van der Waals surface area contributed by atoms with E-state index in [9.17, 15) is 4.79 Å². The maximum atomic E-state index is 12.2. The van der Waals surface area contributed by atoms with Gasteiger partial charge in [-0.1, -0.05) is 12.1 Å². The number of hydrogen-bond donors (Lipinski definition) is 1. The minimum Gasteiger partial charge on any atom is -0.490 e. The number of nitrogens with one attached hydrogen (secondary N) is 1. The molecule has 1 fully saturated rings. The second-order valence-electron chi connectivity index (χ2n) is 4.41. The van der Waals surface area contributed by atoms with E-state index in [1.807, 2.05) is 18.2 Å². The topological polar surface area (TPSA) is 64.1 Å². The first kappa shape index (κ1) is 12.1. The van der Waals surface area contributed by atoms with Crippen molar-refractivity contribution in [1.29, 1.82) is 0 Å². The van der Waals surface area contributed by atoms with Crippen molar-refractivity contribution in [2.45, 2.75) is 25.9 Å². The Kier molecular flexibility index (Phi) is 3.16. The summed E-state index contributed by atoms with van der Waals surface area (Å²) in [6.07, 6.45) is 2.38. The summed E-state index contributed by atoms with van der Waals surface area (Å²) in [5.74, 6) is 1.07. The Morgan fingerprint density at radius 1 is 1.42 bits per heavy atom. The first-order valence-electron chi connectivity index (χ1n) is 6.10. The highest BCUT2D eigenvalue weighted by Gasteiger charge is 2.25. The molecule has 1 aromatic carbocycles. The number of carbonyl (C=O) groups is 1. The maximum Gasteiger partial charge on any atom is 0.261 e. The predicted octanol–water partition coefficient (Wildman–Crippen LogP) is 2.64. The Morgan fingerprint density at radius 2 is 2.21 bits per heavy atom. The van der Waals surface area contributed by atoms with Gasteiger partial charge in [0.15, 0.2) is 0 Å². The van der Waals surface area contributed by atoms with Crippen molar-refractivity contribution in [3.8, 4) is 5.75 Å². The number of benzene rings is 1. The lowest BCUT2D eigenvalue weighted by Gasteiger charge is -2.09. The monoisotopic (exact) mass is 275 g/mol. The molecular weight excluding hydrogens is 262 g/mol. The van der Waals surface area contributed by atoms with Gasteiger partial charge in [0, 0.05) is 11.5 Å². The quantitative estimate of drug-likeness (QED) is 0.931. The Balaban J connectivity index is 1.78. The third kappa shape index (κ3) is 2.90. The first-order valence-corrected chi connectivity index (χ1v) is 6.87. The van der Waals surface area contributed by atoms with E-state index in [1.54, 1.807) is 13.0 Å². The summed E-state index contributed by atoms with van der Waals surface area (Å²) in [5.41, 5.74) is 0.530. The van der Waals surface area contributed by atoms with E-state index in [-0.39, 0.29) is 12.0 Å². The number of nitrogens with zero attached hydrogens (tertiary/aromatic N) is 2. The second kappa shape index (κ2) is 4.97. The molecule has 0 aliphatic heterocycles. The molecule has 1 heterocycles. The second-order valence-corrected chi connectivity index (χ2v) is 5.17. The van der Waals surface area contributed by atoms with Crippen molar-refractivity contribution in [2.75, 3.05) is 5.32 Å². The van der Waals surface area contributed by atoms with E-state index in [0.717, 1.165) is 12.8 Å². The number of para-hydroxylation sites is 1. The van der Waals surface area contributed by atoms with E-state index < -0.39 is 0 Å². The smallest absolute Gasteiger partial charge is 0.261 e. The van der Waals surface area contributed by atoms with E-state index in [1.165, 1.54) is 11.5 Å². The summed E-state index contributed by atoms with van der Waals surface area (Å²) in [6.45, 7) is 1.79. The average Bonchev–Trinajstić information content (AvgIpc) is 3.12. The highest BCUT2D eigenvalue weighted by Crippen LogP contribution is 2.29. The van der Waals surface area contributed by atoms with Crippen LogP contribution in [0.15, 0.2) is 24.3 Å². The van der Waals surface area contributed by atoms with Gasteiger partial charge in [0.25, 0.3) is 5.91 Å². The Hall–Kier alpha value is -1.95. The summed E-state index contributed by atoms with van der Waals surface area (Å²) in [4.78, 5) is 16.3. The van der Waals surface area contributed by atoms with Crippen LogP contribution >= 0.6 is 11.5 Å². The highest BCUT2D eigenvalue weighted by molar-refractivity contribution is 7.09.